The second-order valence-electron chi connectivity index (χ2n) is 7.28. The summed E-state index contributed by atoms with van der Waals surface area (Å²) < 4.78 is 46.7. The van der Waals surface area contributed by atoms with Crippen LogP contribution in [0.2, 0.25) is 0 Å². The minimum absolute atomic E-state index is 0.121. The van der Waals surface area contributed by atoms with E-state index >= 15 is 0 Å². The highest BCUT2D eigenvalue weighted by molar-refractivity contribution is 7.89. The summed E-state index contributed by atoms with van der Waals surface area (Å²) in [5.41, 5.74) is 0.143. The molecule has 0 radical (unpaired) electrons. The van der Waals surface area contributed by atoms with E-state index in [0.717, 1.165) is 12.1 Å². The molecule has 1 unspecified atom stereocenters. The van der Waals surface area contributed by atoms with E-state index in [4.69, 9.17) is 9.84 Å². The summed E-state index contributed by atoms with van der Waals surface area (Å²) in [5, 5.41) is 22.1. The molecule has 1 atom stereocenters. The number of hydrogen-bond donors (Lipinski definition) is 2. The van der Waals surface area contributed by atoms with E-state index < -0.39 is 50.4 Å². The molecule has 2 N–H and O–H groups in total. The van der Waals surface area contributed by atoms with Crippen LogP contribution >= 0.6 is 0 Å². The number of piperidine rings is 1. The number of amides is 1. The number of rotatable bonds is 8. The number of benzene rings is 2. The standard InChI is InChI=1S/C20H22FN3O7S/c21-17-12-15(24(27)28)6-7-19(17)31-16-8-10-23(11-9-16)32(29,30)13-18(22-20(25)26)14-4-2-1-3-5-14/h1-7,12,16,18,22H,8-11,13H2,(H,25,26). The first-order valence-corrected chi connectivity index (χ1v) is 11.4. The molecule has 0 bridgehead atoms. The summed E-state index contributed by atoms with van der Waals surface area (Å²) in [7, 11) is -3.79. The Morgan fingerprint density at radius 2 is 1.91 bits per heavy atom. The Bertz CT molecular complexity index is 1070. The molecule has 0 saturated carbocycles. The van der Waals surface area contributed by atoms with Gasteiger partial charge in [-0.25, -0.2) is 21.9 Å². The molecule has 10 nitrogen and oxygen atoms in total. The van der Waals surface area contributed by atoms with E-state index in [-0.39, 0.29) is 31.7 Å². The van der Waals surface area contributed by atoms with Crippen LogP contribution in [0.1, 0.15) is 24.4 Å². The van der Waals surface area contributed by atoms with Crippen molar-refractivity contribution in [1.82, 2.24) is 9.62 Å². The van der Waals surface area contributed by atoms with Crippen LogP contribution in [0.5, 0.6) is 5.75 Å². The normalized spacial score (nSPS) is 16.3. The van der Waals surface area contributed by atoms with Crippen LogP contribution in [0.4, 0.5) is 14.9 Å². The molecule has 32 heavy (non-hydrogen) atoms. The first kappa shape index (κ1) is 23.4. The number of nitro benzene ring substituents is 1. The minimum Gasteiger partial charge on any atom is -0.487 e. The van der Waals surface area contributed by atoms with Crippen molar-refractivity contribution >= 4 is 21.8 Å². The number of nitrogens with one attached hydrogen (secondary N) is 1. The van der Waals surface area contributed by atoms with Crippen LogP contribution < -0.4 is 10.1 Å². The topological polar surface area (TPSA) is 139 Å². The summed E-state index contributed by atoms with van der Waals surface area (Å²) in [6.07, 6.45) is -1.21. The first-order valence-electron chi connectivity index (χ1n) is 9.78. The lowest BCUT2D eigenvalue weighted by molar-refractivity contribution is -0.385. The molecule has 172 valence electrons. The van der Waals surface area contributed by atoms with Crippen molar-refractivity contribution < 1.29 is 32.4 Å². The van der Waals surface area contributed by atoms with Gasteiger partial charge in [-0.2, -0.15) is 0 Å². The molecule has 0 aromatic heterocycles. The van der Waals surface area contributed by atoms with E-state index in [1.165, 1.54) is 10.4 Å². The Morgan fingerprint density at radius 3 is 2.47 bits per heavy atom. The Kier molecular flexibility index (Phi) is 7.26. The third-order valence-electron chi connectivity index (χ3n) is 5.09. The van der Waals surface area contributed by atoms with Gasteiger partial charge in [-0.05, 0) is 24.5 Å². The van der Waals surface area contributed by atoms with Gasteiger partial charge in [0.2, 0.25) is 10.0 Å². The zero-order chi connectivity index (χ0) is 23.3. The van der Waals surface area contributed by atoms with Crippen molar-refractivity contribution in [3.8, 4) is 5.75 Å². The number of nitro groups is 1. The van der Waals surface area contributed by atoms with E-state index in [0.29, 0.717) is 5.56 Å². The molecule has 0 aliphatic carbocycles. The summed E-state index contributed by atoms with van der Waals surface area (Å²) in [6, 6.07) is 10.6. The lowest BCUT2D eigenvalue weighted by Gasteiger charge is -2.32. The van der Waals surface area contributed by atoms with Gasteiger partial charge in [0.1, 0.15) is 6.10 Å². The highest BCUT2D eigenvalue weighted by Crippen LogP contribution is 2.27. The molecule has 1 aliphatic rings. The number of carboxylic acid groups (broad SMARTS) is 1. The number of non-ortho nitro benzene ring substituents is 1. The van der Waals surface area contributed by atoms with Gasteiger partial charge in [-0.3, -0.25) is 10.1 Å². The largest absolute Gasteiger partial charge is 0.487 e. The molecule has 1 aliphatic heterocycles. The summed E-state index contributed by atoms with van der Waals surface area (Å²) >= 11 is 0. The predicted octanol–water partition coefficient (Wildman–Crippen LogP) is 2.92. The summed E-state index contributed by atoms with van der Waals surface area (Å²) in [4.78, 5) is 21.1. The third kappa shape index (κ3) is 5.92. The summed E-state index contributed by atoms with van der Waals surface area (Å²) in [6.45, 7) is 0.242. The molecule has 2 aromatic carbocycles. The fourth-order valence-corrected chi connectivity index (χ4v) is 5.15. The maximum absolute atomic E-state index is 14.0. The molecule has 12 heteroatoms. The highest BCUT2D eigenvalue weighted by atomic mass is 32.2. The molecule has 1 fully saturated rings. The summed E-state index contributed by atoms with van der Waals surface area (Å²) in [5.74, 6) is -1.43. The Labute approximate surface area is 183 Å². The van der Waals surface area contributed by atoms with E-state index in [1.807, 2.05) is 0 Å². The van der Waals surface area contributed by atoms with Crippen LogP contribution in [0.25, 0.3) is 0 Å². The van der Waals surface area contributed by atoms with Gasteiger partial charge < -0.3 is 15.2 Å². The van der Waals surface area contributed by atoms with Crippen LogP contribution in [0.15, 0.2) is 48.5 Å². The van der Waals surface area contributed by atoms with E-state index in [1.54, 1.807) is 30.3 Å². The van der Waals surface area contributed by atoms with Gasteiger partial charge in [-0.15, -0.1) is 0 Å². The number of carbonyl (C=O) groups is 1. The highest BCUT2D eigenvalue weighted by Gasteiger charge is 2.32. The van der Waals surface area contributed by atoms with E-state index in [2.05, 4.69) is 5.32 Å². The van der Waals surface area contributed by atoms with Crippen molar-refractivity contribution in [3.63, 3.8) is 0 Å². The minimum atomic E-state index is -3.79. The van der Waals surface area contributed by atoms with Crippen molar-refractivity contribution in [1.29, 1.82) is 0 Å². The lowest BCUT2D eigenvalue weighted by atomic mass is 10.1. The zero-order valence-electron chi connectivity index (χ0n) is 16.9. The lowest BCUT2D eigenvalue weighted by Crippen LogP contribution is -2.45. The molecule has 2 aromatic rings. The molecular weight excluding hydrogens is 445 g/mol. The van der Waals surface area contributed by atoms with Crippen LogP contribution in [0, 0.1) is 15.9 Å². The van der Waals surface area contributed by atoms with Gasteiger partial charge in [0.05, 0.1) is 22.8 Å². The van der Waals surface area contributed by atoms with Crippen molar-refractivity contribution in [2.24, 2.45) is 0 Å². The average molecular weight is 467 g/mol. The first-order chi connectivity index (χ1) is 15.2. The predicted molar refractivity (Wildman–Crippen MR) is 112 cm³/mol. The van der Waals surface area contributed by atoms with E-state index in [9.17, 15) is 27.7 Å². The monoisotopic (exact) mass is 467 g/mol. The van der Waals surface area contributed by atoms with Crippen LogP contribution in [-0.2, 0) is 10.0 Å². The molecule has 1 amide bonds. The maximum Gasteiger partial charge on any atom is 0.405 e. The molecule has 3 rings (SSSR count). The molecule has 1 saturated heterocycles. The second kappa shape index (κ2) is 9.92. The van der Waals surface area contributed by atoms with Gasteiger partial charge >= 0.3 is 6.09 Å². The SMILES string of the molecule is O=C(O)NC(CS(=O)(=O)N1CCC(Oc2ccc([N+](=O)[O-])cc2F)CC1)c1ccccc1. The fraction of sp³-hybridized carbons (Fsp3) is 0.350. The molecule has 1 heterocycles. The number of sulfonamides is 1. The maximum atomic E-state index is 14.0. The third-order valence-corrected chi connectivity index (χ3v) is 7.00. The van der Waals surface area contributed by atoms with Crippen LogP contribution in [-0.4, -0.2) is 53.8 Å². The smallest absolute Gasteiger partial charge is 0.405 e. The molecular formula is C20H22FN3O7S. The number of halogens is 1. The Hall–Kier alpha value is -3.25. The van der Waals surface area contributed by atoms with Gasteiger partial charge in [0, 0.05) is 19.2 Å². The van der Waals surface area contributed by atoms with Crippen molar-refractivity contribution in [2.75, 3.05) is 18.8 Å². The quantitative estimate of drug-likeness (QED) is 0.449. The number of ether oxygens (including phenoxy) is 1. The Balaban J connectivity index is 1.62. The van der Waals surface area contributed by atoms with Crippen molar-refractivity contribution in [3.05, 3.63) is 70.0 Å². The molecule has 0 spiro atoms. The Morgan fingerprint density at radius 1 is 1.25 bits per heavy atom. The van der Waals surface area contributed by atoms with Gasteiger partial charge in [0.25, 0.3) is 5.69 Å². The number of hydrogen-bond acceptors (Lipinski definition) is 6. The average Bonchev–Trinajstić information content (AvgIpc) is 2.75. The second-order valence-corrected chi connectivity index (χ2v) is 9.29. The number of nitrogens with zero attached hydrogens (tertiary/aromatic N) is 2. The fourth-order valence-electron chi connectivity index (χ4n) is 3.48. The van der Waals surface area contributed by atoms with Crippen molar-refractivity contribution in [2.45, 2.75) is 25.0 Å². The van der Waals surface area contributed by atoms with Gasteiger partial charge in [0.15, 0.2) is 11.6 Å². The van der Waals surface area contributed by atoms with Crippen LogP contribution in [0.3, 0.4) is 0 Å². The zero-order valence-corrected chi connectivity index (χ0v) is 17.7. The van der Waals surface area contributed by atoms with Gasteiger partial charge in [-0.1, -0.05) is 30.3 Å².